The zero-order valence-electron chi connectivity index (χ0n) is 12.1. The maximum Gasteiger partial charge on any atom is 0.0894 e. The lowest BCUT2D eigenvalue weighted by Crippen LogP contribution is -2.64. The molecule has 1 aliphatic rings. The first-order valence-corrected chi connectivity index (χ1v) is 7.42. The highest BCUT2D eigenvalue weighted by atomic mass is 15.4. The maximum absolute atomic E-state index is 2.43. The van der Waals surface area contributed by atoms with Gasteiger partial charge in [0.15, 0.2) is 0 Å². The first-order valence-electron chi connectivity index (χ1n) is 7.42. The summed E-state index contributed by atoms with van der Waals surface area (Å²) in [6, 6.07) is 2.50. The summed E-state index contributed by atoms with van der Waals surface area (Å²) in [6.45, 7) is 13.5. The van der Waals surface area contributed by atoms with Crippen LogP contribution in [0, 0.1) is 0 Å². The van der Waals surface area contributed by atoms with E-state index in [4.69, 9.17) is 0 Å². The molecule has 0 aromatic carbocycles. The van der Waals surface area contributed by atoms with Crippen molar-refractivity contribution in [3.8, 4) is 0 Å². The van der Waals surface area contributed by atoms with Crippen LogP contribution in [0.4, 0.5) is 0 Å². The van der Waals surface area contributed by atoms with Crippen molar-refractivity contribution >= 4 is 0 Å². The van der Waals surface area contributed by atoms with Crippen LogP contribution in [0.2, 0.25) is 0 Å². The Bertz CT molecular complexity index is 182. The van der Waals surface area contributed by atoms with Crippen LogP contribution in [0.15, 0.2) is 0 Å². The zero-order chi connectivity index (χ0) is 12.2. The van der Waals surface area contributed by atoms with Crippen molar-refractivity contribution in [3.63, 3.8) is 0 Å². The van der Waals surface area contributed by atoms with Gasteiger partial charge in [0.25, 0.3) is 0 Å². The van der Waals surface area contributed by atoms with Crippen LogP contribution in [-0.4, -0.2) is 29.2 Å². The van der Waals surface area contributed by atoms with Crippen LogP contribution in [0.5, 0.6) is 0 Å². The van der Waals surface area contributed by atoms with Crippen molar-refractivity contribution in [2.75, 3.05) is 6.54 Å². The van der Waals surface area contributed by atoms with Gasteiger partial charge in [-0.15, -0.1) is 0 Å². The molecule has 0 bridgehead atoms. The van der Waals surface area contributed by atoms with Crippen molar-refractivity contribution in [1.29, 1.82) is 0 Å². The molecule has 0 heterocycles. The van der Waals surface area contributed by atoms with Crippen molar-refractivity contribution in [3.05, 3.63) is 0 Å². The van der Waals surface area contributed by atoms with Gasteiger partial charge in [0.1, 0.15) is 0 Å². The van der Waals surface area contributed by atoms with Gasteiger partial charge in [-0.3, -0.25) is 0 Å². The lowest BCUT2D eigenvalue weighted by atomic mass is 9.89. The molecule has 0 radical (unpaired) electrons. The van der Waals surface area contributed by atoms with E-state index < -0.39 is 0 Å². The standard InChI is InChI=1S/C15H32N/c1-6-12-16(13(2)3,14(4)5)15-10-8-7-9-11-15/h13-15H,6-12H2,1-5H3/q+1. The van der Waals surface area contributed by atoms with Crippen LogP contribution in [0.25, 0.3) is 0 Å². The molecule has 16 heavy (non-hydrogen) atoms. The molecule has 1 heteroatoms. The fraction of sp³-hybridized carbons (Fsp3) is 1.00. The van der Waals surface area contributed by atoms with Gasteiger partial charge in [0.2, 0.25) is 0 Å². The van der Waals surface area contributed by atoms with E-state index in [2.05, 4.69) is 34.6 Å². The highest BCUT2D eigenvalue weighted by Gasteiger charge is 2.41. The number of quaternary nitrogens is 1. The minimum absolute atomic E-state index is 0.781. The molecule has 1 saturated carbocycles. The fourth-order valence-corrected chi connectivity index (χ4v) is 4.09. The quantitative estimate of drug-likeness (QED) is 0.611. The molecule has 0 unspecified atom stereocenters. The summed E-state index contributed by atoms with van der Waals surface area (Å²) in [6.07, 6.45) is 8.67. The largest absolute Gasteiger partial charge is 0.317 e. The molecule has 0 aliphatic heterocycles. The summed E-state index contributed by atoms with van der Waals surface area (Å²) in [7, 11) is 0. The van der Waals surface area contributed by atoms with Gasteiger partial charge in [-0.2, -0.15) is 0 Å². The molecule has 0 aromatic heterocycles. The SMILES string of the molecule is CCC[N+](C(C)C)(C(C)C)C1CCCCC1. The maximum atomic E-state index is 2.43. The summed E-state index contributed by atoms with van der Waals surface area (Å²) in [4.78, 5) is 0. The average molecular weight is 226 g/mol. The summed E-state index contributed by atoms with van der Waals surface area (Å²) in [5, 5.41) is 0. The lowest BCUT2D eigenvalue weighted by Gasteiger charge is -2.52. The molecule has 1 rings (SSSR count). The second kappa shape index (κ2) is 6.05. The molecule has 1 nitrogen and oxygen atoms in total. The molecule has 0 aromatic rings. The predicted molar refractivity (Wildman–Crippen MR) is 72.6 cm³/mol. The van der Waals surface area contributed by atoms with Crippen molar-refractivity contribution < 1.29 is 4.48 Å². The van der Waals surface area contributed by atoms with Gasteiger partial charge in [-0.05, 0) is 59.8 Å². The number of rotatable bonds is 5. The highest BCUT2D eigenvalue weighted by molar-refractivity contribution is 4.71. The van der Waals surface area contributed by atoms with E-state index in [0.717, 1.165) is 18.1 Å². The molecular formula is C15H32N+. The Morgan fingerprint density at radius 1 is 0.938 bits per heavy atom. The van der Waals surface area contributed by atoms with Crippen LogP contribution in [-0.2, 0) is 0 Å². The molecule has 0 saturated heterocycles. The topological polar surface area (TPSA) is 0 Å². The number of hydrogen-bond donors (Lipinski definition) is 0. The van der Waals surface area contributed by atoms with Crippen LogP contribution >= 0.6 is 0 Å². The number of hydrogen-bond acceptors (Lipinski definition) is 0. The third-order valence-corrected chi connectivity index (χ3v) is 4.79. The molecular weight excluding hydrogens is 194 g/mol. The monoisotopic (exact) mass is 226 g/mol. The molecule has 0 spiro atoms. The Balaban J connectivity index is 2.89. The Hall–Kier alpha value is -0.0400. The Morgan fingerprint density at radius 3 is 1.81 bits per heavy atom. The summed E-state index contributed by atoms with van der Waals surface area (Å²) < 4.78 is 1.37. The summed E-state index contributed by atoms with van der Waals surface area (Å²) >= 11 is 0. The molecule has 1 aliphatic carbocycles. The Morgan fingerprint density at radius 2 is 1.44 bits per heavy atom. The van der Waals surface area contributed by atoms with E-state index in [1.807, 2.05) is 0 Å². The lowest BCUT2D eigenvalue weighted by molar-refractivity contribution is -0.989. The molecule has 0 atom stereocenters. The third kappa shape index (κ3) is 2.61. The predicted octanol–water partition coefficient (Wildman–Crippen LogP) is 4.36. The minimum atomic E-state index is 0.781. The van der Waals surface area contributed by atoms with Crippen LogP contribution in [0.1, 0.15) is 73.1 Å². The Kier molecular flexibility index (Phi) is 5.30. The van der Waals surface area contributed by atoms with E-state index >= 15 is 0 Å². The molecule has 96 valence electrons. The summed E-state index contributed by atoms with van der Waals surface area (Å²) in [5.74, 6) is 0. The van der Waals surface area contributed by atoms with Gasteiger partial charge in [0.05, 0.1) is 24.7 Å². The van der Waals surface area contributed by atoms with Crippen LogP contribution < -0.4 is 0 Å². The molecule has 1 fully saturated rings. The van der Waals surface area contributed by atoms with Gasteiger partial charge in [0, 0.05) is 0 Å². The van der Waals surface area contributed by atoms with E-state index in [1.165, 1.54) is 49.6 Å². The second-order valence-corrected chi connectivity index (χ2v) is 6.20. The van der Waals surface area contributed by atoms with Crippen molar-refractivity contribution in [2.24, 2.45) is 0 Å². The first-order chi connectivity index (χ1) is 7.55. The average Bonchev–Trinajstić information content (AvgIpc) is 2.26. The third-order valence-electron chi connectivity index (χ3n) is 4.79. The van der Waals surface area contributed by atoms with Gasteiger partial charge in [-0.25, -0.2) is 0 Å². The van der Waals surface area contributed by atoms with Crippen molar-refractivity contribution in [2.45, 2.75) is 91.3 Å². The van der Waals surface area contributed by atoms with E-state index in [1.54, 1.807) is 0 Å². The van der Waals surface area contributed by atoms with Gasteiger partial charge < -0.3 is 4.48 Å². The van der Waals surface area contributed by atoms with Crippen molar-refractivity contribution in [1.82, 2.24) is 0 Å². The second-order valence-electron chi connectivity index (χ2n) is 6.20. The fourth-order valence-electron chi connectivity index (χ4n) is 4.09. The normalized spacial score (nSPS) is 19.7. The van der Waals surface area contributed by atoms with E-state index in [0.29, 0.717) is 0 Å². The number of nitrogens with zero attached hydrogens (tertiary/aromatic N) is 1. The Labute approximate surface area is 103 Å². The van der Waals surface area contributed by atoms with E-state index in [9.17, 15) is 0 Å². The zero-order valence-corrected chi connectivity index (χ0v) is 12.1. The summed E-state index contributed by atoms with van der Waals surface area (Å²) in [5.41, 5.74) is 0. The smallest absolute Gasteiger partial charge is 0.0894 e. The molecule has 0 amide bonds. The van der Waals surface area contributed by atoms with Gasteiger partial charge in [-0.1, -0.05) is 13.3 Å². The molecule has 0 N–H and O–H groups in total. The van der Waals surface area contributed by atoms with E-state index in [-0.39, 0.29) is 0 Å². The first kappa shape index (κ1) is 14.0. The van der Waals surface area contributed by atoms with Gasteiger partial charge >= 0.3 is 0 Å². The van der Waals surface area contributed by atoms with Crippen LogP contribution in [0.3, 0.4) is 0 Å². The highest BCUT2D eigenvalue weighted by Crippen LogP contribution is 2.34. The minimum Gasteiger partial charge on any atom is -0.317 e.